The first-order valence-electron chi connectivity index (χ1n) is 3.20. The Hall–Kier alpha value is -1.32. The molecule has 0 spiro atoms. The molecule has 1 aromatic rings. The van der Waals surface area contributed by atoms with Gasteiger partial charge in [-0.05, 0) is 0 Å². The third-order valence-corrected chi connectivity index (χ3v) is 1.20. The van der Waals surface area contributed by atoms with E-state index in [2.05, 4.69) is 16.2 Å². The first kappa shape index (κ1) is 7.78. The van der Waals surface area contributed by atoms with Crippen LogP contribution in [-0.2, 0) is 0 Å². The van der Waals surface area contributed by atoms with Gasteiger partial charge < -0.3 is 9.64 Å². The molecular formula is C7H10N3O. The van der Waals surface area contributed by atoms with E-state index in [1.807, 2.05) is 19.0 Å². The van der Waals surface area contributed by atoms with Gasteiger partial charge in [0.15, 0.2) is 5.82 Å². The Bertz CT molecular complexity index is 220. The summed E-state index contributed by atoms with van der Waals surface area (Å²) in [6.45, 7) is 0. The SMILES string of the molecule is COc1cnc(N(C)C)[c]n1. The maximum absolute atomic E-state index is 4.83. The monoisotopic (exact) mass is 152 g/mol. The van der Waals surface area contributed by atoms with Crippen molar-refractivity contribution in [1.82, 2.24) is 9.97 Å². The molecule has 0 aromatic carbocycles. The molecular weight excluding hydrogens is 142 g/mol. The Kier molecular flexibility index (Phi) is 2.25. The van der Waals surface area contributed by atoms with E-state index in [1.54, 1.807) is 13.3 Å². The molecule has 0 unspecified atom stereocenters. The molecule has 1 heterocycles. The molecule has 0 fully saturated rings. The Morgan fingerprint density at radius 3 is 2.64 bits per heavy atom. The van der Waals surface area contributed by atoms with Gasteiger partial charge in [0.25, 0.3) is 0 Å². The highest BCUT2D eigenvalue weighted by Gasteiger charge is 1.97. The molecule has 0 atom stereocenters. The second kappa shape index (κ2) is 3.18. The highest BCUT2D eigenvalue weighted by molar-refractivity contribution is 5.32. The smallest absolute Gasteiger partial charge is 0.232 e. The van der Waals surface area contributed by atoms with E-state index in [9.17, 15) is 0 Å². The number of hydrogen-bond donors (Lipinski definition) is 0. The molecule has 0 saturated carbocycles. The quantitative estimate of drug-likeness (QED) is 0.613. The Morgan fingerprint density at radius 2 is 2.27 bits per heavy atom. The lowest BCUT2D eigenvalue weighted by Crippen LogP contribution is -2.11. The molecule has 1 rings (SSSR count). The highest BCUT2D eigenvalue weighted by atomic mass is 16.5. The van der Waals surface area contributed by atoms with Gasteiger partial charge in [-0.3, -0.25) is 0 Å². The van der Waals surface area contributed by atoms with Gasteiger partial charge in [-0.15, -0.1) is 0 Å². The molecule has 0 amide bonds. The fourth-order valence-corrected chi connectivity index (χ4v) is 0.593. The van der Waals surface area contributed by atoms with Crippen LogP contribution in [0.5, 0.6) is 5.88 Å². The first-order valence-corrected chi connectivity index (χ1v) is 3.20. The van der Waals surface area contributed by atoms with Gasteiger partial charge in [0.05, 0.1) is 13.3 Å². The van der Waals surface area contributed by atoms with Gasteiger partial charge in [-0.1, -0.05) is 0 Å². The zero-order valence-electron chi connectivity index (χ0n) is 6.83. The normalized spacial score (nSPS) is 9.36. The van der Waals surface area contributed by atoms with Crippen molar-refractivity contribution in [1.29, 1.82) is 0 Å². The number of nitrogens with zero attached hydrogens (tertiary/aromatic N) is 3. The second-order valence-corrected chi connectivity index (χ2v) is 2.24. The zero-order valence-corrected chi connectivity index (χ0v) is 6.83. The van der Waals surface area contributed by atoms with Crippen LogP contribution in [0.2, 0.25) is 0 Å². The largest absolute Gasteiger partial charge is 0.480 e. The molecule has 0 aliphatic carbocycles. The predicted octanol–water partition coefficient (Wildman–Crippen LogP) is 0.351. The Balaban J connectivity index is 2.83. The van der Waals surface area contributed by atoms with E-state index >= 15 is 0 Å². The van der Waals surface area contributed by atoms with E-state index in [-0.39, 0.29) is 0 Å². The molecule has 11 heavy (non-hydrogen) atoms. The summed E-state index contributed by atoms with van der Waals surface area (Å²) < 4.78 is 4.83. The van der Waals surface area contributed by atoms with Crippen molar-refractivity contribution < 1.29 is 4.74 Å². The summed E-state index contributed by atoms with van der Waals surface area (Å²) in [7, 11) is 5.31. The molecule has 4 heteroatoms. The number of aromatic nitrogens is 2. The summed E-state index contributed by atoms with van der Waals surface area (Å²) in [6.07, 6.45) is 4.29. The lowest BCUT2D eigenvalue weighted by molar-refractivity contribution is 0.395. The minimum absolute atomic E-state index is 0.482. The molecule has 59 valence electrons. The summed E-state index contributed by atoms with van der Waals surface area (Å²) in [5, 5.41) is 0. The fraction of sp³-hybridized carbons (Fsp3) is 0.429. The summed E-state index contributed by atoms with van der Waals surface area (Å²) in [5.41, 5.74) is 0. The van der Waals surface area contributed by atoms with Crippen molar-refractivity contribution in [2.75, 3.05) is 26.1 Å². The molecule has 0 aliphatic heterocycles. The lowest BCUT2D eigenvalue weighted by Gasteiger charge is -2.08. The van der Waals surface area contributed by atoms with E-state index in [4.69, 9.17) is 4.74 Å². The van der Waals surface area contributed by atoms with Crippen molar-refractivity contribution in [2.45, 2.75) is 0 Å². The van der Waals surface area contributed by atoms with Crippen molar-refractivity contribution in [3.63, 3.8) is 0 Å². The van der Waals surface area contributed by atoms with Crippen LogP contribution in [0.1, 0.15) is 0 Å². The second-order valence-electron chi connectivity index (χ2n) is 2.24. The summed E-state index contributed by atoms with van der Waals surface area (Å²) in [5.74, 6) is 1.18. The van der Waals surface area contributed by atoms with E-state index < -0.39 is 0 Å². The molecule has 1 radical (unpaired) electrons. The van der Waals surface area contributed by atoms with Crippen LogP contribution in [0.4, 0.5) is 5.82 Å². The lowest BCUT2D eigenvalue weighted by atomic mass is 10.6. The van der Waals surface area contributed by atoms with E-state index in [0.717, 1.165) is 0 Å². The standard InChI is InChI=1S/C7H10N3O/c1-10(2)6-4-9-7(11-3)5-8-6/h5H,1-3H3. The summed E-state index contributed by atoms with van der Waals surface area (Å²) >= 11 is 0. The van der Waals surface area contributed by atoms with Crippen LogP contribution < -0.4 is 9.64 Å². The van der Waals surface area contributed by atoms with Gasteiger partial charge in [0.2, 0.25) is 5.88 Å². The van der Waals surface area contributed by atoms with Crippen LogP contribution in [-0.4, -0.2) is 31.2 Å². The number of anilines is 1. The molecule has 0 bridgehead atoms. The van der Waals surface area contributed by atoms with Crippen molar-refractivity contribution in [3.8, 4) is 5.88 Å². The van der Waals surface area contributed by atoms with Crippen molar-refractivity contribution in [3.05, 3.63) is 12.4 Å². The minimum Gasteiger partial charge on any atom is -0.480 e. The fourth-order valence-electron chi connectivity index (χ4n) is 0.593. The van der Waals surface area contributed by atoms with Crippen LogP contribution in [0.15, 0.2) is 6.20 Å². The van der Waals surface area contributed by atoms with Crippen LogP contribution in [0, 0.1) is 6.20 Å². The third-order valence-electron chi connectivity index (χ3n) is 1.20. The Labute approximate surface area is 65.8 Å². The van der Waals surface area contributed by atoms with Gasteiger partial charge in [0.1, 0.15) is 6.20 Å². The predicted molar refractivity (Wildman–Crippen MR) is 41.7 cm³/mol. The third kappa shape index (κ3) is 1.80. The molecule has 1 aromatic heterocycles. The van der Waals surface area contributed by atoms with Gasteiger partial charge in [0, 0.05) is 14.1 Å². The van der Waals surface area contributed by atoms with Crippen LogP contribution in [0.3, 0.4) is 0 Å². The van der Waals surface area contributed by atoms with Gasteiger partial charge >= 0.3 is 0 Å². The molecule has 4 nitrogen and oxygen atoms in total. The topological polar surface area (TPSA) is 38.2 Å². The van der Waals surface area contributed by atoms with Crippen LogP contribution in [0.25, 0.3) is 0 Å². The summed E-state index contributed by atoms with van der Waals surface area (Å²) in [4.78, 5) is 9.72. The van der Waals surface area contributed by atoms with E-state index in [1.165, 1.54) is 0 Å². The molecule has 0 N–H and O–H groups in total. The van der Waals surface area contributed by atoms with E-state index in [0.29, 0.717) is 11.7 Å². The molecule has 0 aliphatic rings. The van der Waals surface area contributed by atoms with Gasteiger partial charge in [-0.2, -0.15) is 0 Å². The minimum atomic E-state index is 0.482. The Morgan fingerprint density at radius 1 is 1.55 bits per heavy atom. The maximum atomic E-state index is 4.83. The van der Waals surface area contributed by atoms with Gasteiger partial charge in [-0.25, -0.2) is 9.97 Å². The van der Waals surface area contributed by atoms with Crippen molar-refractivity contribution in [2.24, 2.45) is 0 Å². The number of rotatable bonds is 2. The van der Waals surface area contributed by atoms with Crippen LogP contribution >= 0.6 is 0 Å². The average Bonchev–Trinajstić information content (AvgIpc) is 2.05. The first-order chi connectivity index (χ1) is 5.24. The average molecular weight is 152 g/mol. The number of hydrogen-bond acceptors (Lipinski definition) is 4. The van der Waals surface area contributed by atoms with Crippen molar-refractivity contribution >= 4 is 5.82 Å². The highest BCUT2D eigenvalue weighted by Crippen LogP contribution is 2.07. The maximum Gasteiger partial charge on any atom is 0.232 e. The zero-order chi connectivity index (χ0) is 8.27. The number of ether oxygens (including phenoxy) is 1. The summed E-state index contributed by atoms with van der Waals surface area (Å²) in [6, 6.07) is 0. The number of methoxy groups -OCH3 is 1. The molecule has 0 saturated heterocycles.